The number of halogens is 1. The second-order valence-electron chi connectivity index (χ2n) is 6.18. The van der Waals surface area contributed by atoms with Gasteiger partial charge in [-0.2, -0.15) is 0 Å². The molecule has 0 radical (unpaired) electrons. The van der Waals surface area contributed by atoms with E-state index in [-0.39, 0.29) is 5.82 Å². The average molecular weight is 351 g/mol. The number of H-pyrrole nitrogens is 1. The predicted octanol–water partition coefficient (Wildman–Crippen LogP) is 4.23. The molecule has 1 aromatic carbocycles. The summed E-state index contributed by atoms with van der Waals surface area (Å²) in [4.78, 5) is 11.3. The summed E-state index contributed by atoms with van der Waals surface area (Å²) in [6.45, 7) is 2.01. The highest BCUT2D eigenvalue weighted by Crippen LogP contribution is 2.24. The van der Waals surface area contributed by atoms with Gasteiger partial charge in [-0.1, -0.05) is 6.07 Å². The molecule has 0 unspecified atom stereocenters. The minimum atomic E-state index is -0.247. The molecule has 0 aliphatic heterocycles. The molecule has 0 saturated heterocycles. The van der Waals surface area contributed by atoms with Crippen molar-refractivity contribution in [2.75, 3.05) is 12.4 Å². The number of hydrogen-bond donors (Lipinski definition) is 3. The summed E-state index contributed by atoms with van der Waals surface area (Å²) in [6.07, 6.45) is 8.30. The van der Waals surface area contributed by atoms with Gasteiger partial charge in [0.25, 0.3) is 0 Å². The molecule has 6 heteroatoms. The van der Waals surface area contributed by atoms with Crippen LogP contribution in [0.15, 0.2) is 53.4 Å². The highest BCUT2D eigenvalue weighted by atomic mass is 19.1. The number of allylic oxidation sites excluding steroid dienone is 2. The molecule has 0 spiro atoms. The van der Waals surface area contributed by atoms with Crippen LogP contribution in [-0.4, -0.2) is 23.2 Å². The zero-order valence-corrected chi connectivity index (χ0v) is 14.9. The molecule has 0 saturated carbocycles. The Bertz CT molecular complexity index is 971. The lowest BCUT2D eigenvalue weighted by molar-refractivity contribution is 0.639. The van der Waals surface area contributed by atoms with E-state index >= 15 is 0 Å². The highest BCUT2D eigenvalue weighted by molar-refractivity contribution is 5.84. The van der Waals surface area contributed by atoms with Crippen LogP contribution in [0.25, 0.3) is 10.9 Å². The molecule has 0 bridgehead atoms. The fraction of sp³-hybridized carbons (Fsp3) is 0.200. The number of fused-ring (bicyclic) bond motifs is 1. The van der Waals surface area contributed by atoms with Crippen LogP contribution >= 0.6 is 0 Å². The second-order valence-corrected chi connectivity index (χ2v) is 6.18. The monoisotopic (exact) mass is 351 g/mol. The van der Waals surface area contributed by atoms with Crippen LogP contribution in [0.5, 0.6) is 0 Å². The maximum absolute atomic E-state index is 13.5. The molecular formula is C20H22FN5. The zero-order valence-electron chi connectivity index (χ0n) is 14.9. The van der Waals surface area contributed by atoms with Crippen LogP contribution < -0.4 is 11.1 Å². The predicted molar refractivity (Wildman–Crippen MR) is 106 cm³/mol. The van der Waals surface area contributed by atoms with Crippen LogP contribution in [0.1, 0.15) is 17.5 Å². The largest absolute Gasteiger partial charge is 0.402 e. The highest BCUT2D eigenvalue weighted by Gasteiger charge is 2.06. The van der Waals surface area contributed by atoms with Crippen LogP contribution in [0.2, 0.25) is 0 Å². The van der Waals surface area contributed by atoms with Crippen molar-refractivity contribution in [3.05, 3.63) is 65.4 Å². The van der Waals surface area contributed by atoms with Crippen molar-refractivity contribution >= 4 is 28.6 Å². The average Bonchev–Trinajstić information content (AvgIpc) is 3.00. The van der Waals surface area contributed by atoms with E-state index in [0.29, 0.717) is 5.39 Å². The standard InChI is InChI=1S/C20H22FN5/c1-13-9-14(3-4-15(22)7-8-23-2)11-25-20(13)26-16-5-6-17-18(21)12-24-19(17)10-16/h5-12,24H,3-4,22H2,1-2H3,(H,25,26)/b15-7-,23-8?. The number of aryl methyl sites for hydroxylation is 2. The Balaban J connectivity index is 1.70. The van der Waals surface area contributed by atoms with Crippen LogP contribution in [0.3, 0.4) is 0 Å². The fourth-order valence-electron chi connectivity index (χ4n) is 2.75. The molecule has 5 nitrogen and oxygen atoms in total. The van der Waals surface area contributed by atoms with E-state index in [0.717, 1.165) is 46.7 Å². The summed E-state index contributed by atoms with van der Waals surface area (Å²) < 4.78 is 13.5. The number of aromatic amines is 1. The van der Waals surface area contributed by atoms with Gasteiger partial charge in [-0.05, 0) is 55.2 Å². The Hall–Kier alpha value is -3.15. The van der Waals surface area contributed by atoms with E-state index in [1.54, 1.807) is 19.3 Å². The summed E-state index contributed by atoms with van der Waals surface area (Å²) in [7, 11) is 1.72. The number of nitrogens with two attached hydrogens (primary N) is 1. The molecule has 0 aliphatic rings. The van der Waals surface area contributed by atoms with Gasteiger partial charge in [0.05, 0.1) is 5.52 Å². The lowest BCUT2D eigenvalue weighted by Crippen LogP contribution is -2.02. The molecule has 4 N–H and O–H groups in total. The minimum absolute atomic E-state index is 0.247. The van der Waals surface area contributed by atoms with Crippen molar-refractivity contribution in [2.24, 2.45) is 10.7 Å². The Morgan fingerprint density at radius 2 is 2.23 bits per heavy atom. The van der Waals surface area contributed by atoms with Crippen molar-refractivity contribution in [1.29, 1.82) is 0 Å². The molecular weight excluding hydrogens is 329 g/mol. The fourth-order valence-corrected chi connectivity index (χ4v) is 2.75. The SMILES string of the molecule is CN=C/C=C(\N)CCc1cnc(Nc2ccc3c(F)c[nH]c3c2)c(C)c1. The minimum Gasteiger partial charge on any atom is -0.402 e. The first-order chi connectivity index (χ1) is 12.6. The van der Waals surface area contributed by atoms with Crippen LogP contribution in [0.4, 0.5) is 15.9 Å². The lowest BCUT2D eigenvalue weighted by Gasteiger charge is -2.10. The van der Waals surface area contributed by atoms with Gasteiger partial charge in [-0.3, -0.25) is 4.99 Å². The Kier molecular flexibility index (Phi) is 5.31. The third kappa shape index (κ3) is 4.08. The van der Waals surface area contributed by atoms with Gasteiger partial charge in [0, 0.05) is 42.4 Å². The topological polar surface area (TPSA) is 79.1 Å². The number of anilines is 2. The molecule has 0 atom stereocenters. The smallest absolute Gasteiger partial charge is 0.148 e. The number of nitrogens with zero attached hydrogens (tertiary/aromatic N) is 2. The first kappa shape index (κ1) is 17.7. The normalized spacial score (nSPS) is 12.2. The van der Waals surface area contributed by atoms with Gasteiger partial charge >= 0.3 is 0 Å². The van der Waals surface area contributed by atoms with E-state index in [4.69, 9.17) is 5.73 Å². The van der Waals surface area contributed by atoms with E-state index in [1.807, 2.05) is 31.3 Å². The van der Waals surface area contributed by atoms with E-state index in [1.165, 1.54) is 6.20 Å². The summed E-state index contributed by atoms with van der Waals surface area (Å²) in [6, 6.07) is 7.56. The molecule has 0 aliphatic carbocycles. The summed E-state index contributed by atoms with van der Waals surface area (Å²) in [5.74, 6) is 0.533. The lowest BCUT2D eigenvalue weighted by atomic mass is 10.1. The van der Waals surface area contributed by atoms with Gasteiger partial charge in [0.15, 0.2) is 0 Å². The number of rotatable bonds is 6. The van der Waals surface area contributed by atoms with Crippen molar-refractivity contribution in [3.63, 3.8) is 0 Å². The molecule has 2 aromatic heterocycles. The third-order valence-corrected chi connectivity index (χ3v) is 4.17. The Morgan fingerprint density at radius 3 is 3.00 bits per heavy atom. The molecule has 26 heavy (non-hydrogen) atoms. The number of pyridine rings is 1. The number of aromatic nitrogens is 2. The summed E-state index contributed by atoms with van der Waals surface area (Å²) in [5.41, 5.74) is 10.5. The molecule has 2 heterocycles. The van der Waals surface area contributed by atoms with Gasteiger partial charge in [0.1, 0.15) is 11.6 Å². The van der Waals surface area contributed by atoms with Gasteiger partial charge in [-0.15, -0.1) is 0 Å². The van der Waals surface area contributed by atoms with Crippen molar-refractivity contribution in [2.45, 2.75) is 19.8 Å². The quantitative estimate of drug-likeness (QED) is 0.582. The van der Waals surface area contributed by atoms with E-state index in [9.17, 15) is 4.39 Å². The Morgan fingerprint density at radius 1 is 1.38 bits per heavy atom. The summed E-state index contributed by atoms with van der Waals surface area (Å²) in [5, 5.41) is 3.86. The molecule has 3 rings (SSSR count). The zero-order chi connectivity index (χ0) is 18.5. The number of aliphatic imine (C=N–C) groups is 1. The third-order valence-electron chi connectivity index (χ3n) is 4.17. The van der Waals surface area contributed by atoms with Crippen molar-refractivity contribution in [3.8, 4) is 0 Å². The van der Waals surface area contributed by atoms with Gasteiger partial charge in [-0.25, -0.2) is 9.37 Å². The number of hydrogen-bond acceptors (Lipinski definition) is 4. The number of benzene rings is 1. The first-order valence-corrected chi connectivity index (χ1v) is 8.43. The van der Waals surface area contributed by atoms with E-state index in [2.05, 4.69) is 26.3 Å². The van der Waals surface area contributed by atoms with Crippen molar-refractivity contribution < 1.29 is 4.39 Å². The first-order valence-electron chi connectivity index (χ1n) is 8.43. The maximum atomic E-state index is 13.5. The number of nitrogens with one attached hydrogen (secondary N) is 2. The molecule has 134 valence electrons. The molecule has 0 fully saturated rings. The van der Waals surface area contributed by atoms with Gasteiger partial charge in [0.2, 0.25) is 0 Å². The van der Waals surface area contributed by atoms with E-state index < -0.39 is 0 Å². The second kappa shape index (κ2) is 7.82. The summed E-state index contributed by atoms with van der Waals surface area (Å²) >= 11 is 0. The maximum Gasteiger partial charge on any atom is 0.148 e. The Labute approximate surface area is 151 Å². The van der Waals surface area contributed by atoms with Crippen LogP contribution in [0, 0.1) is 12.7 Å². The molecule has 3 aromatic rings. The van der Waals surface area contributed by atoms with Crippen LogP contribution in [-0.2, 0) is 6.42 Å². The van der Waals surface area contributed by atoms with Gasteiger partial charge < -0.3 is 16.0 Å². The molecule has 0 amide bonds. The van der Waals surface area contributed by atoms with Crippen molar-refractivity contribution in [1.82, 2.24) is 9.97 Å².